The Morgan fingerprint density at radius 1 is 1.16 bits per heavy atom. The van der Waals surface area contributed by atoms with Gasteiger partial charge >= 0.3 is 0 Å². The van der Waals surface area contributed by atoms with E-state index in [1.807, 2.05) is 36.4 Å². The Hall–Kier alpha value is -2.45. The number of carbonyl (C=O) groups is 1. The molecule has 1 atom stereocenters. The van der Waals surface area contributed by atoms with E-state index < -0.39 is 21.0 Å². The van der Waals surface area contributed by atoms with Crippen molar-refractivity contribution in [3.8, 4) is 11.5 Å². The molecule has 1 amide bonds. The van der Waals surface area contributed by atoms with Crippen molar-refractivity contribution in [2.75, 3.05) is 11.6 Å². The SMILES string of the molecule is C[C@@H](C(=O)Nc1nc2ccc(Oc3ccccc3)cc2s1)S(C)(=O)=O. The molecule has 25 heavy (non-hydrogen) atoms. The van der Waals surface area contributed by atoms with E-state index in [0.717, 1.165) is 16.7 Å². The molecule has 0 saturated heterocycles. The van der Waals surface area contributed by atoms with Gasteiger partial charge in [0.05, 0.1) is 10.2 Å². The molecule has 1 aromatic heterocycles. The standard InChI is InChI=1S/C17H16N2O4S2/c1-11(25(2,21)22)16(20)19-17-18-14-9-8-13(10-15(14)24-17)23-12-6-4-3-5-7-12/h3-11H,1-2H3,(H,18,19,20)/t11-/m0/s1. The van der Waals surface area contributed by atoms with Gasteiger partial charge < -0.3 is 10.1 Å². The molecule has 8 heteroatoms. The number of benzene rings is 2. The Kier molecular flexibility index (Phi) is 4.73. The van der Waals surface area contributed by atoms with Crippen LogP contribution < -0.4 is 10.1 Å². The summed E-state index contributed by atoms with van der Waals surface area (Å²) in [6.07, 6.45) is 1.03. The number of hydrogen-bond acceptors (Lipinski definition) is 6. The lowest BCUT2D eigenvalue weighted by Gasteiger charge is -2.07. The number of nitrogens with one attached hydrogen (secondary N) is 1. The first-order valence-corrected chi connectivity index (χ1v) is 10.2. The second kappa shape index (κ2) is 6.81. The molecular weight excluding hydrogens is 360 g/mol. The molecule has 3 aromatic rings. The number of rotatable bonds is 5. The molecule has 130 valence electrons. The van der Waals surface area contributed by atoms with Crippen molar-refractivity contribution in [1.82, 2.24) is 4.98 Å². The highest BCUT2D eigenvalue weighted by Gasteiger charge is 2.24. The number of ether oxygens (including phenoxy) is 1. The molecule has 0 bridgehead atoms. The van der Waals surface area contributed by atoms with Crippen LogP contribution in [0.1, 0.15) is 6.92 Å². The number of anilines is 1. The van der Waals surface area contributed by atoms with Gasteiger partial charge in [-0.15, -0.1) is 0 Å². The maximum absolute atomic E-state index is 12.0. The summed E-state index contributed by atoms with van der Waals surface area (Å²) in [5.41, 5.74) is 0.702. The number of amides is 1. The zero-order valence-corrected chi connectivity index (χ0v) is 15.2. The van der Waals surface area contributed by atoms with Gasteiger partial charge in [0, 0.05) is 12.3 Å². The summed E-state index contributed by atoms with van der Waals surface area (Å²) in [7, 11) is -3.45. The third kappa shape index (κ3) is 4.15. The number of fused-ring (bicyclic) bond motifs is 1. The predicted octanol–water partition coefficient (Wildman–Crippen LogP) is 3.46. The van der Waals surface area contributed by atoms with Gasteiger partial charge in [0.1, 0.15) is 16.7 Å². The quantitative estimate of drug-likeness (QED) is 0.737. The van der Waals surface area contributed by atoms with E-state index in [1.165, 1.54) is 18.3 Å². The van der Waals surface area contributed by atoms with Gasteiger partial charge in [-0.1, -0.05) is 29.5 Å². The molecule has 3 rings (SSSR count). The summed E-state index contributed by atoms with van der Waals surface area (Å²) in [6.45, 7) is 1.35. The second-order valence-electron chi connectivity index (χ2n) is 5.52. The fraction of sp³-hybridized carbons (Fsp3) is 0.176. The first-order chi connectivity index (χ1) is 11.8. The van der Waals surface area contributed by atoms with Crippen LogP contribution >= 0.6 is 11.3 Å². The molecule has 0 spiro atoms. The molecule has 1 heterocycles. The van der Waals surface area contributed by atoms with E-state index in [0.29, 0.717) is 16.4 Å². The van der Waals surface area contributed by atoms with E-state index >= 15 is 0 Å². The molecule has 0 aliphatic rings. The zero-order chi connectivity index (χ0) is 18.0. The highest BCUT2D eigenvalue weighted by Crippen LogP contribution is 2.31. The Morgan fingerprint density at radius 3 is 2.56 bits per heavy atom. The lowest BCUT2D eigenvalue weighted by Crippen LogP contribution is -2.31. The summed E-state index contributed by atoms with van der Waals surface area (Å²) >= 11 is 1.26. The van der Waals surface area contributed by atoms with Gasteiger partial charge in [-0.3, -0.25) is 4.79 Å². The van der Waals surface area contributed by atoms with Crippen LogP contribution in [0.3, 0.4) is 0 Å². The molecule has 2 aromatic carbocycles. The zero-order valence-electron chi connectivity index (χ0n) is 13.6. The van der Waals surface area contributed by atoms with Crippen molar-refractivity contribution in [3.63, 3.8) is 0 Å². The third-order valence-corrected chi connectivity index (χ3v) is 6.01. The molecule has 0 fully saturated rings. The topological polar surface area (TPSA) is 85.4 Å². The minimum Gasteiger partial charge on any atom is -0.457 e. The monoisotopic (exact) mass is 376 g/mol. The number of nitrogens with zero attached hydrogens (tertiary/aromatic N) is 1. The minimum atomic E-state index is -3.45. The van der Waals surface area contributed by atoms with Crippen LogP contribution in [0.4, 0.5) is 5.13 Å². The Labute approximate surface area is 149 Å². The summed E-state index contributed by atoms with van der Waals surface area (Å²) in [5, 5.41) is 1.78. The number of thiazole rings is 1. The number of carbonyl (C=O) groups excluding carboxylic acids is 1. The molecule has 0 aliphatic carbocycles. The summed E-state index contributed by atoms with van der Waals surface area (Å²) in [4.78, 5) is 16.3. The van der Waals surface area contributed by atoms with Gasteiger partial charge in [-0.2, -0.15) is 0 Å². The first kappa shape index (κ1) is 17.4. The van der Waals surface area contributed by atoms with Crippen LogP contribution in [0, 0.1) is 0 Å². The van der Waals surface area contributed by atoms with Crippen molar-refractivity contribution in [2.45, 2.75) is 12.2 Å². The highest BCUT2D eigenvalue weighted by molar-refractivity contribution is 7.92. The van der Waals surface area contributed by atoms with Crippen molar-refractivity contribution in [1.29, 1.82) is 0 Å². The summed E-state index contributed by atoms with van der Waals surface area (Å²) in [5.74, 6) is 0.786. The summed E-state index contributed by atoms with van der Waals surface area (Å²) in [6, 6.07) is 14.8. The van der Waals surface area contributed by atoms with Crippen LogP contribution in [0.2, 0.25) is 0 Å². The smallest absolute Gasteiger partial charge is 0.244 e. The number of aromatic nitrogens is 1. The van der Waals surface area contributed by atoms with Crippen LogP contribution in [0.5, 0.6) is 11.5 Å². The van der Waals surface area contributed by atoms with Gasteiger partial charge in [0.2, 0.25) is 5.91 Å². The fourth-order valence-corrected chi connectivity index (χ4v) is 3.39. The summed E-state index contributed by atoms with van der Waals surface area (Å²) < 4.78 is 29.5. The average molecular weight is 376 g/mol. The number of para-hydroxylation sites is 1. The second-order valence-corrected chi connectivity index (χ2v) is 8.92. The van der Waals surface area contributed by atoms with Gasteiger partial charge in [-0.05, 0) is 31.2 Å². The van der Waals surface area contributed by atoms with Gasteiger partial charge in [0.25, 0.3) is 0 Å². The Balaban J connectivity index is 1.80. The van der Waals surface area contributed by atoms with Gasteiger partial charge in [0.15, 0.2) is 15.0 Å². The average Bonchev–Trinajstić information content (AvgIpc) is 2.95. The van der Waals surface area contributed by atoms with Crippen LogP contribution in [0.15, 0.2) is 48.5 Å². The van der Waals surface area contributed by atoms with Crippen molar-refractivity contribution >= 4 is 42.4 Å². The first-order valence-electron chi connectivity index (χ1n) is 7.46. The van der Waals surface area contributed by atoms with Crippen molar-refractivity contribution in [3.05, 3.63) is 48.5 Å². The van der Waals surface area contributed by atoms with Crippen LogP contribution in [-0.4, -0.2) is 30.8 Å². The third-order valence-electron chi connectivity index (χ3n) is 3.58. The fourth-order valence-electron chi connectivity index (χ4n) is 2.05. The van der Waals surface area contributed by atoms with Crippen LogP contribution in [0.25, 0.3) is 10.2 Å². The molecule has 1 N–H and O–H groups in total. The molecule has 6 nitrogen and oxygen atoms in total. The molecule has 0 saturated carbocycles. The molecular formula is C17H16N2O4S2. The van der Waals surface area contributed by atoms with Gasteiger partial charge in [-0.25, -0.2) is 13.4 Å². The lowest BCUT2D eigenvalue weighted by atomic mass is 10.3. The van der Waals surface area contributed by atoms with E-state index in [2.05, 4.69) is 10.3 Å². The lowest BCUT2D eigenvalue weighted by molar-refractivity contribution is -0.115. The largest absolute Gasteiger partial charge is 0.457 e. The predicted molar refractivity (Wildman–Crippen MR) is 99.1 cm³/mol. The van der Waals surface area contributed by atoms with Crippen molar-refractivity contribution < 1.29 is 17.9 Å². The Morgan fingerprint density at radius 2 is 1.88 bits per heavy atom. The maximum Gasteiger partial charge on any atom is 0.244 e. The molecule has 0 radical (unpaired) electrons. The maximum atomic E-state index is 12.0. The van der Waals surface area contributed by atoms with E-state index in [9.17, 15) is 13.2 Å². The number of sulfone groups is 1. The number of hydrogen-bond donors (Lipinski definition) is 1. The van der Waals surface area contributed by atoms with E-state index in [-0.39, 0.29) is 0 Å². The van der Waals surface area contributed by atoms with Crippen molar-refractivity contribution in [2.24, 2.45) is 0 Å². The van der Waals surface area contributed by atoms with E-state index in [4.69, 9.17) is 4.74 Å². The normalized spacial score (nSPS) is 12.7. The molecule has 0 unspecified atom stereocenters. The van der Waals surface area contributed by atoms with Crippen LogP contribution in [-0.2, 0) is 14.6 Å². The highest BCUT2D eigenvalue weighted by atomic mass is 32.2. The Bertz CT molecular complexity index is 1010. The van der Waals surface area contributed by atoms with E-state index in [1.54, 1.807) is 12.1 Å². The molecule has 0 aliphatic heterocycles. The minimum absolute atomic E-state index is 0.354.